The molecule has 8 heteroatoms. The first-order valence-corrected chi connectivity index (χ1v) is 11.5. The third-order valence-corrected chi connectivity index (χ3v) is 6.72. The molecule has 176 valence electrons. The molecule has 1 atom stereocenters. The number of alkyl halides is 2. The quantitative estimate of drug-likeness (QED) is 0.409. The summed E-state index contributed by atoms with van der Waals surface area (Å²) in [7, 11) is 0. The molecule has 0 saturated carbocycles. The summed E-state index contributed by atoms with van der Waals surface area (Å²) in [5, 5.41) is 18.6. The van der Waals surface area contributed by atoms with E-state index in [-0.39, 0.29) is 11.6 Å². The van der Waals surface area contributed by atoms with Crippen LogP contribution in [0.3, 0.4) is 0 Å². The van der Waals surface area contributed by atoms with E-state index < -0.39 is 5.92 Å². The predicted octanol–water partition coefficient (Wildman–Crippen LogP) is 5.75. The molecule has 6 nitrogen and oxygen atoms in total. The smallest absolute Gasteiger partial charge is 0.270 e. The van der Waals surface area contributed by atoms with Gasteiger partial charge in [-0.05, 0) is 50.1 Å². The maximum atomic E-state index is 14.1. The fourth-order valence-corrected chi connectivity index (χ4v) is 4.87. The minimum Gasteiger partial charge on any atom is -0.364 e. The van der Waals surface area contributed by atoms with E-state index in [2.05, 4.69) is 43.7 Å². The molecule has 0 unspecified atom stereocenters. The summed E-state index contributed by atoms with van der Waals surface area (Å²) in [5.74, 6) is -2.25. The molecule has 0 amide bonds. The fraction of sp³-hybridized carbons (Fsp3) is 0.346. The highest BCUT2D eigenvalue weighted by molar-refractivity contribution is 5.95. The Bertz CT molecular complexity index is 1360. The Morgan fingerprint density at radius 1 is 1.03 bits per heavy atom. The van der Waals surface area contributed by atoms with Crippen molar-refractivity contribution in [3.05, 3.63) is 76.7 Å². The average molecular weight is 463 g/mol. The number of hydrogen-bond acceptors (Lipinski definition) is 5. The van der Waals surface area contributed by atoms with Crippen LogP contribution in [-0.2, 0) is 19.0 Å². The van der Waals surface area contributed by atoms with Gasteiger partial charge in [-0.25, -0.2) is 8.78 Å². The molecule has 0 bridgehead atoms. The van der Waals surface area contributed by atoms with Gasteiger partial charge in [0, 0.05) is 41.7 Å². The Kier molecular flexibility index (Phi) is 5.46. The summed E-state index contributed by atoms with van der Waals surface area (Å²) >= 11 is 0. The van der Waals surface area contributed by atoms with E-state index >= 15 is 0 Å². The first-order chi connectivity index (χ1) is 16.2. The molecular formula is C26H28F2N6. The van der Waals surface area contributed by atoms with Crippen LogP contribution in [0.2, 0.25) is 0 Å². The molecule has 34 heavy (non-hydrogen) atoms. The van der Waals surface area contributed by atoms with Crippen LogP contribution >= 0.6 is 0 Å². The Balaban J connectivity index is 1.49. The molecule has 0 saturated heterocycles. The molecule has 0 spiro atoms. The number of aryl methyl sites for hydroxylation is 1. The van der Waals surface area contributed by atoms with Gasteiger partial charge in [-0.15, -0.1) is 5.10 Å². The molecule has 0 radical (unpaired) electrons. The van der Waals surface area contributed by atoms with Gasteiger partial charge in [0.2, 0.25) is 0 Å². The highest BCUT2D eigenvalue weighted by atomic mass is 19.3. The van der Waals surface area contributed by atoms with E-state index in [1.165, 1.54) is 11.8 Å². The van der Waals surface area contributed by atoms with Crippen LogP contribution in [0.25, 0.3) is 10.8 Å². The lowest BCUT2D eigenvalue weighted by Crippen LogP contribution is -2.33. The molecule has 1 N–H and O–H groups in total. The van der Waals surface area contributed by atoms with Gasteiger partial charge in [0.15, 0.2) is 5.82 Å². The lowest BCUT2D eigenvalue weighted by Gasteiger charge is -2.30. The zero-order chi connectivity index (χ0) is 24.0. The van der Waals surface area contributed by atoms with Crippen LogP contribution in [0.5, 0.6) is 0 Å². The lowest BCUT2D eigenvalue weighted by atomic mass is 9.94. The minimum atomic E-state index is -2.89. The summed E-state index contributed by atoms with van der Waals surface area (Å²) in [6.45, 7) is 9.09. The zero-order valence-electron chi connectivity index (χ0n) is 19.8. The Morgan fingerprint density at radius 3 is 2.65 bits per heavy atom. The van der Waals surface area contributed by atoms with Gasteiger partial charge in [-0.2, -0.15) is 10.2 Å². The van der Waals surface area contributed by atoms with Gasteiger partial charge in [0.25, 0.3) is 5.92 Å². The summed E-state index contributed by atoms with van der Waals surface area (Å²) in [6, 6.07) is 13.2. The number of nitrogens with one attached hydrogen (secondary N) is 1. The van der Waals surface area contributed by atoms with Gasteiger partial charge < -0.3 is 10.2 Å². The number of hydrogen-bond donors (Lipinski definition) is 1. The molecule has 5 rings (SSSR count). The highest BCUT2D eigenvalue weighted by Gasteiger charge is 2.28. The number of benzene rings is 2. The summed E-state index contributed by atoms with van der Waals surface area (Å²) < 4.78 is 30.2. The van der Waals surface area contributed by atoms with E-state index in [0.29, 0.717) is 11.4 Å². The number of nitrogens with zero attached hydrogens (tertiary/aromatic N) is 5. The van der Waals surface area contributed by atoms with Crippen LogP contribution in [0.4, 0.5) is 20.3 Å². The van der Waals surface area contributed by atoms with Gasteiger partial charge >= 0.3 is 0 Å². The van der Waals surface area contributed by atoms with Crippen LogP contribution in [-0.4, -0.2) is 26.5 Å². The van der Waals surface area contributed by atoms with E-state index in [0.717, 1.165) is 54.3 Å². The van der Waals surface area contributed by atoms with Crippen LogP contribution in [0.1, 0.15) is 48.0 Å². The maximum absolute atomic E-state index is 14.1. The van der Waals surface area contributed by atoms with Gasteiger partial charge in [-0.1, -0.05) is 24.3 Å². The summed E-state index contributed by atoms with van der Waals surface area (Å²) in [6.07, 6.45) is 1.84. The van der Waals surface area contributed by atoms with Gasteiger partial charge in [-0.3, -0.25) is 4.68 Å². The SMILES string of the molecule is Cc1c([C@@H](C)Nc2nnc(C)c3ccc(N4CCn5nccc5C4)cc23)cccc1C(C)(F)F. The average Bonchev–Trinajstić information content (AvgIpc) is 3.28. The van der Waals surface area contributed by atoms with E-state index in [1.807, 2.05) is 36.9 Å². The molecular weight excluding hydrogens is 434 g/mol. The Labute approximate surface area is 197 Å². The van der Waals surface area contributed by atoms with Gasteiger partial charge in [0.05, 0.1) is 30.5 Å². The zero-order valence-corrected chi connectivity index (χ0v) is 19.8. The molecule has 4 aromatic rings. The third-order valence-electron chi connectivity index (χ3n) is 6.72. The molecule has 3 heterocycles. The van der Waals surface area contributed by atoms with Crippen molar-refractivity contribution in [1.82, 2.24) is 20.0 Å². The molecule has 1 aliphatic heterocycles. The first-order valence-electron chi connectivity index (χ1n) is 11.5. The Hall–Kier alpha value is -3.55. The number of anilines is 2. The fourth-order valence-electron chi connectivity index (χ4n) is 4.87. The number of fused-ring (bicyclic) bond motifs is 2. The summed E-state index contributed by atoms with van der Waals surface area (Å²) in [4.78, 5) is 2.33. The molecule has 1 aliphatic rings. The standard InChI is InChI=1S/C26H28F2N6/c1-16-21(6-5-7-24(16)26(4,27)28)17(2)30-25-23-14-19(8-9-22(23)18(3)31-32-25)33-12-13-34-20(15-33)10-11-29-34/h5-11,14,17H,12-13,15H2,1-4H3,(H,30,32)/t17-/m1/s1. The van der Waals surface area contributed by atoms with Crippen molar-refractivity contribution >= 4 is 22.3 Å². The normalized spacial score (nSPS) is 14.8. The van der Waals surface area contributed by atoms with Gasteiger partial charge in [0.1, 0.15) is 0 Å². The second-order valence-electron chi connectivity index (χ2n) is 9.11. The van der Waals surface area contributed by atoms with Crippen molar-refractivity contribution in [3.63, 3.8) is 0 Å². The third kappa shape index (κ3) is 3.97. The molecule has 0 fully saturated rings. The second kappa shape index (κ2) is 8.34. The van der Waals surface area contributed by atoms with Crippen molar-refractivity contribution in [3.8, 4) is 0 Å². The molecule has 0 aliphatic carbocycles. The van der Waals surface area contributed by atoms with E-state index in [1.54, 1.807) is 13.0 Å². The number of aromatic nitrogens is 4. The van der Waals surface area contributed by atoms with Crippen molar-refractivity contribution in [2.75, 3.05) is 16.8 Å². The summed E-state index contributed by atoms with van der Waals surface area (Å²) in [5.41, 5.74) is 4.59. The monoisotopic (exact) mass is 462 g/mol. The number of halogens is 2. The number of rotatable bonds is 5. The maximum Gasteiger partial charge on any atom is 0.270 e. The highest BCUT2D eigenvalue weighted by Crippen LogP contribution is 2.35. The second-order valence-corrected chi connectivity index (χ2v) is 9.11. The van der Waals surface area contributed by atoms with Crippen LogP contribution in [0.15, 0.2) is 48.7 Å². The Morgan fingerprint density at radius 2 is 1.85 bits per heavy atom. The van der Waals surface area contributed by atoms with E-state index in [9.17, 15) is 8.78 Å². The minimum absolute atomic E-state index is 0.0464. The van der Waals surface area contributed by atoms with E-state index in [4.69, 9.17) is 0 Å². The lowest BCUT2D eigenvalue weighted by molar-refractivity contribution is 0.0167. The van der Waals surface area contributed by atoms with Crippen molar-refractivity contribution in [2.24, 2.45) is 0 Å². The molecule has 2 aromatic heterocycles. The van der Waals surface area contributed by atoms with Crippen molar-refractivity contribution in [2.45, 2.75) is 52.7 Å². The first kappa shape index (κ1) is 22.3. The van der Waals surface area contributed by atoms with Crippen molar-refractivity contribution < 1.29 is 8.78 Å². The topological polar surface area (TPSA) is 58.9 Å². The predicted molar refractivity (Wildman–Crippen MR) is 130 cm³/mol. The van der Waals surface area contributed by atoms with Crippen LogP contribution < -0.4 is 10.2 Å². The molecule has 2 aromatic carbocycles. The largest absolute Gasteiger partial charge is 0.364 e. The van der Waals surface area contributed by atoms with Crippen LogP contribution in [0, 0.1) is 13.8 Å². The van der Waals surface area contributed by atoms with Crippen molar-refractivity contribution in [1.29, 1.82) is 0 Å².